The zero-order chi connectivity index (χ0) is 15.8. The molecule has 1 N–H and O–H groups in total. The topological polar surface area (TPSA) is 29.1 Å². The number of para-hydroxylation sites is 1. The Bertz CT molecular complexity index is 886. The number of carbonyl (C=O) groups excluding carboxylic acids is 1. The molecule has 2 nitrogen and oxygen atoms in total. The Morgan fingerprint density at radius 2 is 1.43 bits per heavy atom. The highest BCUT2D eigenvalue weighted by atomic mass is 32.2. The van der Waals surface area contributed by atoms with E-state index in [2.05, 4.69) is 48.6 Å². The number of fused-ring (bicyclic) bond motifs is 2. The van der Waals surface area contributed by atoms with Gasteiger partial charge in [-0.25, -0.2) is 0 Å². The van der Waals surface area contributed by atoms with Gasteiger partial charge in [-0.2, -0.15) is 0 Å². The summed E-state index contributed by atoms with van der Waals surface area (Å²) in [5.74, 6) is -0.0323. The van der Waals surface area contributed by atoms with E-state index in [4.69, 9.17) is 0 Å². The lowest BCUT2D eigenvalue weighted by molar-refractivity contribution is 0.102. The summed E-state index contributed by atoms with van der Waals surface area (Å²) in [5.41, 5.74) is 2.90. The molecule has 3 aromatic carbocycles. The van der Waals surface area contributed by atoms with Crippen molar-refractivity contribution >= 4 is 22.5 Å². The highest BCUT2D eigenvalue weighted by molar-refractivity contribution is 7.97. The molecule has 23 heavy (non-hydrogen) atoms. The van der Waals surface area contributed by atoms with E-state index in [9.17, 15) is 4.79 Å². The Kier molecular flexibility index (Phi) is 3.43. The van der Waals surface area contributed by atoms with Crippen molar-refractivity contribution in [3.8, 4) is 0 Å². The van der Waals surface area contributed by atoms with Gasteiger partial charge in [-0.3, -0.25) is 4.79 Å². The average Bonchev–Trinajstić information content (AvgIpc) is 2.70. The number of hydrogen-bond donors (Lipinski definition) is 1. The number of amides is 1. The summed E-state index contributed by atoms with van der Waals surface area (Å²) in [5, 5.41) is 3.06. The van der Waals surface area contributed by atoms with Crippen LogP contribution in [0.4, 0.5) is 5.69 Å². The van der Waals surface area contributed by atoms with Crippen LogP contribution in [0.2, 0.25) is 0 Å². The van der Waals surface area contributed by atoms with Gasteiger partial charge < -0.3 is 5.32 Å². The molecule has 3 aromatic rings. The molecule has 0 radical (unpaired) electrons. The fourth-order valence-corrected chi connectivity index (χ4v) is 5.12. The Morgan fingerprint density at radius 1 is 0.783 bits per heavy atom. The van der Waals surface area contributed by atoms with Crippen molar-refractivity contribution < 1.29 is 4.79 Å². The van der Waals surface area contributed by atoms with E-state index in [1.54, 1.807) is 0 Å². The third-order valence-electron chi connectivity index (χ3n) is 3.96. The average molecular weight is 318 g/mol. The summed E-state index contributed by atoms with van der Waals surface area (Å²) in [6.07, 6.45) is 0. The maximum atomic E-state index is 12.6. The second kappa shape index (κ2) is 5.60. The minimum atomic E-state index is -0.288. The molecule has 4 rings (SSSR count). The van der Waals surface area contributed by atoms with E-state index in [1.165, 1.54) is 10.5 Å². The minimum absolute atomic E-state index is 0.0323. The van der Waals surface area contributed by atoms with Gasteiger partial charge in [-0.15, -0.1) is 0 Å². The molecule has 0 aliphatic carbocycles. The van der Waals surface area contributed by atoms with Crippen molar-refractivity contribution in [1.82, 2.24) is 0 Å². The first-order valence-electron chi connectivity index (χ1n) is 7.54. The first-order valence-corrected chi connectivity index (χ1v) is 8.77. The summed E-state index contributed by atoms with van der Waals surface area (Å²) in [6, 6.07) is 24.6. The maximum Gasteiger partial charge on any atom is 0.260 e. The van der Waals surface area contributed by atoms with Crippen LogP contribution in [-0.2, 0) is 10.9 Å². The first kappa shape index (κ1) is 14.1. The number of nitrogens with one attached hydrogen (secondary N) is 1. The fraction of sp³-hybridized carbons (Fsp3) is 0.0500. The van der Waals surface area contributed by atoms with Crippen molar-refractivity contribution in [3.63, 3.8) is 0 Å². The van der Waals surface area contributed by atoms with Gasteiger partial charge in [0, 0.05) is 0 Å². The molecular formula is C20H16NOS+. The number of rotatable bonds is 1. The molecule has 0 saturated heterocycles. The van der Waals surface area contributed by atoms with Crippen molar-refractivity contribution in [1.29, 1.82) is 0 Å². The van der Waals surface area contributed by atoms with Gasteiger partial charge in [0.2, 0.25) is 0 Å². The zero-order valence-electron chi connectivity index (χ0n) is 12.7. The lowest BCUT2D eigenvalue weighted by atomic mass is 10.2. The molecule has 0 bridgehead atoms. The molecule has 1 heterocycles. The lowest BCUT2D eigenvalue weighted by Crippen LogP contribution is -2.11. The largest absolute Gasteiger partial charge is 0.318 e. The number of hydrogen-bond acceptors (Lipinski definition) is 1. The van der Waals surface area contributed by atoms with Crippen LogP contribution in [0, 0.1) is 6.92 Å². The third-order valence-corrected chi connectivity index (χ3v) is 6.30. The van der Waals surface area contributed by atoms with Crippen LogP contribution >= 0.6 is 0 Å². The van der Waals surface area contributed by atoms with Crippen molar-refractivity contribution in [2.24, 2.45) is 0 Å². The summed E-state index contributed by atoms with van der Waals surface area (Å²) >= 11 is 0. The predicted octanol–water partition coefficient (Wildman–Crippen LogP) is 4.66. The van der Waals surface area contributed by atoms with Crippen LogP contribution in [0.3, 0.4) is 0 Å². The molecule has 3 heteroatoms. The fourth-order valence-electron chi connectivity index (χ4n) is 2.82. The van der Waals surface area contributed by atoms with Crippen LogP contribution in [0.15, 0.2) is 87.5 Å². The Balaban J connectivity index is 2.01. The second-order valence-electron chi connectivity index (χ2n) is 5.57. The Labute approximate surface area is 138 Å². The smallest absolute Gasteiger partial charge is 0.260 e. The van der Waals surface area contributed by atoms with Crippen LogP contribution in [0.1, 0.15) is 15.9 Å². The SMILES string of the molecule is Cc1ccc([S+]2c3ccccc3NC(=O)c3ccccc32)cc1. The van der Waals surface area contributed by atoms with Gasteiger partial charge in [0.05, 0.1) is 11.3 Å². The molecular weight excluding hydrogens is 302 g/mol. The van der Waals surface area contributed by atoms with Gasteiger partial charge in [-0.05, 0) is 43.3 Å². The van der Waals surface area contributed by atoms with Crippen LogP contribution in [0.25, 0.3) is 0 Å². The molecule has 1 aliphatic heterocycles. The van der Waals surface area contributed by atoms with Crippen LogP contribution in [0.5, 0.6) is 0 Å². The number of carbonyl (C=O) groups is 1. The Morgan fingerprint density at radius 3 is 2.22 bits per heavy atom. The molecule has 0 saturated carbocycles. The summed E-state index contributed by atoms with van der Waals surface area (Å²) < 4.78 is 0. The summed E-state index contributed by atoms with van der Waals surface area (Å²) in [4.78, 5) is 16.1. The zero-order valence-corrected chi connectivity index (χ0v) is 13.6. The van der Waals surface area contributed by atoms with E-state index >= 15 is 0 Å². The highest BCUT2D eigenvalue weighted by Crippen LogP contribution is 2.39. The van der Waals surface area contributed by atoms with Crippen molar-refractivity contribution in [2.75, 3.05) is 5.32 Å². The molecule has 112 valence electrons. The van der Waals surface area contributed by atoms with E-state index in [-0.39, 0.29) is 16.8 Å². The molecule has 1 unspecified atom stereocenters. The van der Waals surface area contributed by atoms with Crippen LogP contribution in [-0.4, -0.2) is 5.91 Å². The highest BCUT2D eigenvalue weighted by Gasteiger charge is 2.37. The molecule has 0 aromatic heterocycles. The van der Waals surface area contributed by atoms with E-state index < -0.39 is 0 Å². The van der Waals surface area contributed by atoms with Gasteiger partial charge in [0.15, 0.2) is 14.7 Å². The molecule has 1 aliphatic rings. The van der Waals surface area contributed by atoms with E-state index in [0.29, 0.717) is 0 Å². The summed E-state index contributed by atoms with van der Waals surface area (Å²) in [6.45, 7) is 2.09. The lowest BCUT2D eigenvalue weighted by Gasteiger charge is -2.09. The van der Waals surface area contributed by atoms with E-state index in [1.807, 2.05) is 36.4 Å². The number of benzene rings is 3. The number of aryl methyl sites for hydroxylation is 1. The van der Waals surface area contributed by atoms with Crippen molar-refractivity contribution in [3.05, 3.63) is 83.9 Å². The molecule has 1 atom stereocenters. The second-order valence-corrected chi connectivity index (χ2v) is 7.53. The standard InChI is InChI=1S/C20H15NOS/c1-14-10-12-15(13-11-14)23-18-8-4-2-6-16(18)20(22)21-17-7-3-5-9-19(17)23/h2-13H,1H3/p+1. The first-order chi connectivity index (χ1) is 11.2. The predicted molar refractivity (Wildman–Crippen MR) is 94.2 cm³/mol. The van der Waals surface area contributed by atoms with Gasteiger partial charge in [0.25, 0.3) is 5.91 Å². The monoisotopic (exact) mass is 318 g/mol. The Hall–Kier alpha value is -2.52. The van der Waals surface area contributed by atoms with Crippen molar-refractivity contribution in [2.45, 2.75) is 21.6 Å². The molecule has 0 spiro atoms. The number of anilines is 1. The third kappa shape index (κ3) is 2.43. The van der Waals surface area contributed by atoms with E-state index in [0.717, 1.165) is 21.0 Å². The minimum Gasteiger partial charge on any atom is -0.318 e. The maximum absolute atomic E-state index is 12.6. The molecule has 1 amide bonds. The van der Waals surface area contributed by atoms with Gasteiger partial charge in [0.1, 0.15) is 10.9 Å². The normalized spacial score (nSPS) is 16.0. The quantitative estimate of drug-likeness (QED) is 0.650. The van der Waals surface area contributed by atoms with Gasteiger partial charge >= 0.3 is 0 Å². The van der Waals surface area contributed by atoms with Crippen LogP contribution < -0.4 is 5.32 Å². The van der Waals surface area contributed by atoms with Gasteiger partial charge in [-0.1, -0.05) is 42.0 Å². The summed E-state index contributed by atoms with van der Waals surface area (Å²) in [7, 11) is -0.288. The molecule has 0 fully saturated rings.